The number of piperazine rings is 1. The molecule has 0 unspecified atom stereocenters. The van der Waals surface area contributed by atoms with Gasteiger partial charge in [-0.15, -0.1) is 5.10 Å². The van der Waals surface area contributed by atoms with Crippen LogP contribution in [-0.4, -0.2) is 58.4 Å². The summed E-state index contributed by atoms with van der Waals surface area (Å²) in [6, 6.07) is 15.3. The number of amides is 1. The molecule has 1 aliphatic rings. The monoisotopic (exact) mass is 425 g/mol. The maximum absolute atomic E-state index is 13.0. The highest BCUT2D eigenvalue weighted by atomic mass is 35.5. The lowest BCUT2D eigenvalue weighted by molar-refractivity contribution is 0.0734. The van der Waals surface area contributed by atoms with Gasteiger partial charge in [0.2, 0.25) is 5.82 Å². The Morgan fingerprint density at radius 1 is 1.07 bits per heavy atom. The number of carbonyl (C=O) groups is 1. The van der Waals surface area contributed by atoms with Crippen molar-refractivity contribution in [2.75, 3.05) is 37.7 Å². The third-order valence-corrected chi connectivity index (χ3v) is 5.36. The van der Waals surface area contributed by atoms with Crippen molar-refractivity contribution in [2.24, 2.45) is 0 Å². The van der Waals surface area contributed by atoms with Gasteiger partial charge in [-0.05, 0) is 50.2 Å². The largest absolute Gasteiger partial charge is 0.492 e. The molecule has 0 atom stereocenters. The van der Waals surface area contributed by atoms with Crippen molar-refractivity contribution < 1.29 is 9.53 Å². The van der Waals surface area contributed by atoms with Gasteiger partial charge in [0, 0.05) is 31.2 Å². The molecule has 0 N–H and O–H groups in total. The minimum absolute atomic E-state index is 0.149. The first kappa shape index (κ1) is 20.2. The molecule has 0 saturated carbocycles. The fourth-order valence-corrected chi connectivity index (χ4v) is 3.72. The Morgan fingerprint density at radius 3 is 2.47 bits per heavy atom. The fourth-order valence-electron chi connectivity index (χ4n) is 3.60. The maximum Gasteiger partial charge on any atom is 0.293 e. The van der Waals surface area contributed by atoms with Crippen molar-refractivity contribution in [1.82, 2.24) is 19.7 Å². The minimum atomic E-state index is -0.149. The lowest BCUT2D eigenvalue weighted by Crippen LogP contribution is -2.49. The molecule has 0 aliphatic carbocycles. The standard InChI is InChI=1S/C22H24ClN5O2/c1-3-30-20-7-5-4-6-19(20)26-12-14-27(15-13-26)22(29)21-24-16(2)28(25-21)18-10-8-17(23)9-11-18/h4-11H,3,12-15H2,1-2H3. The van der Waals surface area contributed by atoms with Crippen molar-refractivity contribution in [2.45, 2.75) is 13.8 Å². The fraction of sp³-hybridized carbons (Fsp3) is 0.318. The summed E-state index contributed by atoms with van der Waals surface area (Å²) in [4.78, 5) is 21.4. The molecule has 7 nitrogen and oxygen atoms in total. The lowest BCUT2D eigenvalue weighted by Gasteiger charge is -2.36. The van der Waals surface area contributed by atoms with Crippen LogP contribution in [0.25, 0.3) is 5.69 Å². The molecule has 1 aliphatic heterocycles. The van der Waals surface area contributed by atoms with Gasteiger partial charge in [-0.1, -0.05) is 23.7 Å². The Balaban J connectivity index is 1.45. The van der Waals surface area contributed by atoms with E-state index >= 15 is 0 Å². The van der Waals surface area contributed by atoms with Crippen LogP contribution in [-0.2, 0) is 0 Å². The van der Waals surface area contributed by atoms with Crippen molar-refractivity contribution >= 4 is 23.2 Å². The second kappa shape index (κ2) is 8.75. The van der Waals surface area contributed by atoms with Gasteiger partial charge < -0.3 is 14.5 Å². The van der Waals surface area contributed by atoms with E-state index in [9.17, 15) is 4.79 Å². The lowest BCUT2D eigenvalue weighted by atomic mass is 10.2. The van der Waals surface area contributed by atoms with Gasteiger partial charge >= 0.3 is 0 Å². The molecular weight excluding hydrogens is 402 g/mol. The Labute approximate surface area is 180 Å². The summed E-state index contributed by atoms with van der Waals surface area (Å²) >= 11 is 5.96. The molecule has 2 aromatic carbocycles. The zero-order valence-electron chi connectivity index (χ0n) is 17.1. The number of aromatic nitrogens is 3. The van der Waals surface area contributed by atoms with Crippen LogP contribution in [0.15, 0.2) is 48.5 Å². The molecule has 4 rings (SSSR count). The molecule has 1 amide bonds. The zero-order valence-corrected chi connectivity index (χ0v) is 17.8. The van der Waals surface area contributed by atoms with Crippen LogP contribution in [0.1, 0.15) is 23.4 Å². The van der Waals surface area contributed by atoms with Crippen LogP contribution >= 0.6 is 11.6 Å². The minimum Gasteiger partial charge on any atom is -0.492 e. The molecule has 0 radical (unpaired) electrons. The summed E-state index contributed by atoms with van der Waals surface area (Å²) in [5.41, 5.74) is 1.88. The Hall–Kier alpha value is -3.06. The van der Waals surface area contributed by atoms with Crippen LogP contribution in [0.2, 0.25) is 5.02 Å². The van der Waals surface area contributed by atoms with Crippen LogP contribution in [0.3, 0.4) is 0 Å². The third kappa shape index (κ3) is 4.11. The molecular formula is C22H24ClN5O2. The predicted octanol–water partition coefficient (Wildman–Crippen LogP) is 3.59. The van der Waals surface area contributed by atoms with Crippen LogP contribution < -0.4 is 9.64 Å². The molecule has 2 heterocycles. The molecule has 1 fully saturated rings. The maximum atomic E-state index is 13.0. The molecule has 3 aromatic rings. The summed E-state index contributed by atoms with van der Waals surface area (Å²) in [6.07, 6.45) is 0. The molecule has 1 saturated heterocycles. The quantitative estimate of drug-likeness (QED) is 0.625. The van der Waals surface area contributed by atoms with E-state index in [4.69, 9.17) is 16.3 Å². The number of rotatable bonds is 5. The highest BCUT2D eigenvalue weighted by Gasteiger charge is 2.26. The van der Waals surface area contributed by atoms with Crippen molar-refractivity contribution in [3.8, 4) is 11.4 Å². The average Bonchev–Trinajstić information content (AvgIpc) is 3.16. The van der Waals surface area contributed by atoms with Gasteiger partial charge in [0.15, 0.2) is 0 Å². The van der Waals surface area contributed by atoms with Crippen LogP contribution in [0.5, 0.6) is 5.75 Å². The third-order valence-electron chi connectivity index (χ3n) is 5.10. The first-order valence-electron chi connectivity index (χ1n) is 10.0. The first-order valence-corrected chi connectivity index (χ1v) is 10.4. The summed E-state index contributed by atoms with van der Waals surface area (Å²) in [5.74, 6) is 1.60. The second-order valence-electron chi connectivity index (χ2n) is 7.05. The van der Waals surface area contributed by atoms with E-state index < -0.39 is 0 Å². The predicted molar refractivity (Wildman–Crippen MR) is 117 cm³/mol. The number of nitrogens with zero attached hydrogens (tertiary/aromatic N) is 5. The van der Waals surface area contributed by atoms with E-state index in [1.54, 1.807) is 21.7 Å². The number of halogens is 1. The van der Waals surface area contributed by atoms with Crippen LogP contribution in [0, 0.1) is 6.92 Å². The highest BCUT2D eigenvalue weighted by molar-refractivity contribution is 6.30. The van der Waals surface area contributed by atoms with Gasteiger partial charge in [0.25, 0.3) is 5.91 Å². The highest BCUT2D eigenvalue weighted by Crippen LogP contribution is 2.29. The average molecular weight is 426 g/mol. The Bertz CT molecular complexity index is 1030. The van der Waals surface area contributed by atoms with E-state index in [2.05, 4.69) is 21.0 Å². The number of hydrogen-bond donors (Lipinski definition) is 0. The SMILES string of the molecule is CCOc1ccccc1N1CCN(C(=O)c2nc(C)n(-c3ccc(Cl)cc3)n2)CC1. The van der Waals surface area contributed by atoms with E-state index in [-0.39, 0.29) is 11.7 Å². The van der Waals surface area contributed by atoms with Gasteiger partial charge in [-0.25, -0.2) is 9.67 Å². The summed E-state index contributed by atoms with van der Waals surface area (Å²) < 4.78 is 7.41. The molecule has 8 heteroatoms. The van der Waals surface area contributed by atoms with Gasteiger partial charge in [0.05, 0.1) is 18.0 Å². The second-order valence-corrected chi connectivity index (χ2v) is 7.49. The summed E-state index contributed by atoms with van der Waals surface area (Å²) in [5, 5.41) is 5.09. The molecule has 0 bridgehead atoms. The van der Waals surface area contributed by atoms with Gasteiger partial charge in [-0.2, -0.15) is 0 Å². The Morgan fingerprint density at radius 2 is 1.77 bits per heavy atom. The van der Waals surface area contributed by atoms with E-state index in [1.165, 1.54) is 0 Å². The smallest absolute Gasteiger partial charge is 0.293 e. The number of aryl methyl sites for hydroxylation is 1. The molecule has 30 heavy (non-hydrogen) atoms. The summed E-state index contributed by atoms with van der Waals surface area (Å²) in [6.45, 7) is 7.10. The Kier molecular flexibility index (Phi) is 5.90. The van der Waals surface area contributed by atoms with Gasteiger partial charge in [-0.3, -0.25) is 4.79 Å². The zero-order chi connectivity index (χ0) is 21.1. The number of ether oxygens (including phenoxy) is 1. The number of hydrogen-bond acceptors (Lipinski definition) is 5. The summed E-state index contributed by atoms with van der Waals surface area (Å²) in [7, 11) is 0. The van der Waals surface area contributed by atoms with Gasteiger partial charge in [0.1, 0.15) is 11.6 Å². The first-order chi connectivity index (χ1) is 14.6. The van der Waals surface area contributed by atoms with Crippen molar-refractivity contribution in [3.63, 3.8) is 0 Å². The topological polar surface area (TPSA) is 63.5 Å². The number of benzene rings is 2. The molecule has 1 aromatic heterocycles. The van der Waals surface area contributed by atoms with Crippen molar-refractivity contribution in [3.05, 3.63) is 65.2 Å². The van der Waals surface area contributed by atoms with E-state index in [0.29, 0.717) is 30.5 Å². The van der Waals surface area contributed by atoms with E-state index in [0.717, 1.165) is 30.2 Å². The molecule has 0 spiro atoms. The van der Waals surface area contributed by atoms with Crippen molar-refractivity contribution in [1.29, 1.82) is 0 Å². The molecule has 156 valence electrons. The normalized spacial score (nSPS) is 14.1. The van der Waals surface area contributed by atoms with Crippen LogP contribution in [0.4, 0.5) is 5.69 Å². The number of para-hydroxylation sites is 2. The number of anilines is 1. The number of carbonyl (C=O) groups excluding carboxylic acids is 1. The van der Waals surface area contributed by atoms with E-state index in [1.807, 2.05) is 44.2 Å².